The first-order valence-electron chi connectivity index (χ1n) is 34.4. The van der Waals surface area contributed by atoms with Crippen molar-refractivity contribution >= 4 is 143 Å². The Kier molecular flexibility index (Phi) is 30.5. The molecule has 1 aliphatic carbocycles. The fourth-order valence-electron chi connectivity index (χ4n) is 11.6. The van der Waals surface area contributed by atoms with Gasteiger partial charge in [0.15, 0.2) is 51.6 Å². The normalized spacial score (nSPS) is 15.4. The van der Waals surface area contributed by atoms with Crippen LogP contribution in [-0.2, 0) is 48.4 Å². The number of thioether (sulfide) groups is 3. The summed E-state index contributed by atoms with van der Waals surface area (Å²) in [7, 11) is -1.57. The standard InChI is InChI=1S/C23H26ClFN4O2.C16H16ClFN4OS.C16H16ClFN4S.C9H12ClFN2S.C6H9NO.C5H4ClFN2S/c1-23(2,3)19-18(25)17(8-12-6-4-5-7-14(12)22(30)31)28-21(29-19)16-11-27-20-15(16)9-13(24)10-26-20;1-16(2,3)12-11(18)15(24(4)23)22-14(21-12)10-7-20-13-9(10)5-8(17)6-19-13;1-16(2,3)12-11(18)15(23-4)22-14(21-12)10-7-20-13-9(10)5-8(17)6-19-13;1-9(2,3)6-5(11)7(14-4)13-8(10)12-6;7-4-3-6-2-1-5-8-6;1-10-4-3(7)2-8-5(6)9-4/h9-12,14H,4-8H2,1-3H3,(H,26,27)(H,30,31);5-7H,1-4H3,(H,19,20);5-7H,1-4H3,(H,19,20);1-4H3;6H,1-3,5H2;2H,1H3/t12-,14+;;;;;/m1...../s1. The lowest BCUT2D eigenvalue weighted by Crippen LogP contribution is -2.29. The van der Waals surface area contributed by atoms with E-state index in [4.69, 9.17) is 68.0 Å². The summed E-state index contributed by atoms with van der Waals surface area (Å²) in [5.74, 6) is -2.50. The fourth-order valence-corrected chi connectivity index (χ4v) is 14.4. The molecule has 4 N–H and O–H groups in total. The maximum absolute atomic E-state index is 15.5. The van der Waals surface area contributed by atoms with Crippen LogP contribution in [0.2, 0.25) is 25.6 Å². The molecule has 110 heavy (non-hydrogen) atoms. The molecule has 4 atom stereocenters. The number of aromatic amines is 3. The van der Waals surface area contributed by atoms with E-state index in [0.717, 1.165) is 66.6 Å². The van der Waals surface area contributed by atoms with E-state index in [1.54, 1.807) is 68.0 Å². The van der Waals surface area contributed by atoms with Gasteiger partial charge in [0.05, 0.1) is 85.0 Å². The van der Waals surface area contributed by atoms with Gasteiger partial charge in [0, 0.05) is 105 Å². The number of carboxylic acids is 1. The third-order valence-electron chi connectivity index (χ3n) is 17.0. The topological polar surface area (TPSA) is 302 Å². The molecule has 21 nitrogen and oxygen atoms in total. The fraction of sp³-hybridized carbons (Fsp3) is 0.427. The van der Waals surface area contributed by atoms with Crippen molar-refractivity contribution in [1.82, 2.24) is 79.7 Å². The predicted molar refractivity (Wildman–Crippen MR) is 429 cm³/mol. The van der Waals surface area contributed by atoms with Gasteiger partial charge in [-0.2, -0.15) is 5.26 Å². The zero-order chi connectivity index (χ0) is 81.1. The maximum Gasteiger partial charge on any atom is 0.306 e. The SMILES string of the molecule is CC(C)(C)c1nc(-c2c[nH]c3ncc(Cl)cc23)nc(C[C@H]2CCCC[C@@H]2C(=O)O)c1F.CS(=O)c1nc(-c2c[nH]c3ncc(Cl)cc23)nc(C(C)(C)C)c1F.CSc1nc(-c2c[nH]c3ncc(Cl)cc23)nc(C(C)(C)C)c1F.CSc1nc(Cl)nc(C(C)(C)C)c1F.CSc1nc(Cl)ncc1F.N#CCC1CCCO1. The van der Waals surface area contributed by atoms with Crippen LogP contribution in [0.25, 0.3) is 67.3 Å². The van der Waals surface area contributed by atoms with Crippen LogP contribution in [0.4, 0.5) is 22.0 Å². The van der Waals surface area contributed by atoms with E-state index in [9.17, 15) is 31.7 Å². The first kappa shape index (κ1) is 88.3. The van der Waals surface area contributed by atoms with Crippen molar-refractivity contribution in [2.75, 3.05) is 31.6 Å². The van der Waals surface area contributed by atoms with Crippen LogP contribution in [0.1, 0.15) is 157 Å². The number of carboxylic acid groups (broad SMARTS) is 1. The molecule has 11 aromatic heterocycles. The summed E-state index contributed by atoms with van der Waals surface area (Å²) >= 11 is 33.0. The van der Waals surface area contributed by atoms with Gasteiger partial charge in [-0.25, -0.2) is 86.7 Å². The van der Waals surface area contributed by atoms with E-state index in [1.165, 1.54) is 47.7 Å². The third kappa shape index (κ3) is 22.5. The van der Waals surface area contributed by atoms with E-state index in [1.807, 2.05) is 83.1 Å². The Labute approximate surface area is 674 Å². The summed E-state index contributed by atoms with van der Waals surface area (Å²) < 4.78 is 88.2. The number of aromatic nitrogens is 16. The first-order chi connectivity index (χ1) is 51.7. The summed E-state index contributed by atoms with van der Waals surface area (Å²) in [6.45, 7) is 23.6. The summed E-state index contributed by atoms with van der Waals surface area (Å²) in [6.07, 6.45) is 24.1. The minimum Gasteiger partial charge on any atom is -0.481 e. The largest absolute Gasteiger partial charge is 0.481 e. The highest BCUT2D eigenvalue weighted by atomic mass is 35.5. The van der Waals surface area contributed by atoms with Gasteiger partial charge in [-0.05, 0) is 98.2 Å². The van der Waals surface area contributed by atoms with Gasteiger partial charge < -0.3 is 24.8 Å². The quantitative estimate of drug-likeness (QED) is 0.0405. The molecule has 11 aromatic rings. The molecule has 1 saturated heterocycles. The Morgan fingerprint density at radius 3 is 1.38 bits per heavy atom. The second-order valence-corrected chi connectivity index (χ2v) is 35.1. The maximum atomic E-state index is 15.5. The minimum absolute atomic E-state index is 0.0748. The van der Waals surface area contributed by atoms with Gasteiger partial charge in [0.25, 0.3) is 0 Å². The molecule has 13 rings (SSSR count). The molecular formula is C75H83Cl5F5N17O4S4. The molecule has 35 heteroatoms. The summed E-state index contributed by atoms with van der Waals surface area (Å²) in [6, 6.07) is 7.40. The Bertz CT molecular complexity index is 5180. The van der Waals surface area contributed by atoms with E-state index >= 15 is 4.39 Å². The molecular weight excluding hydrogens is 1600 g/mol. The Hall–Kier alpha value is -7.31. The molecule has 2 unspecified atom stereocenters. The van der Waals surface area contributed by atoms with Crippen molar-refractivity contribution in [1.29, 1.82) is 5.26 Å². The van der Waals surface area contributed by atoms with Gasteiger partial charge in [-0.15, -0.1) is 35.3 Å². The van der Waals surface area contributed by atoms with Crippen LogP contribution in [0.3, 0.4) is 0 Å². The number of nitriles is 1. The molecule has 0 amide bonds. The molecule has 12 heterocycles. The number of fused-ring (bicyclic) bond motifs is 3. The smallest absolute Gasteiger partial charge is 0.306 e. The van der Waals surface area contributed by atoms with Gasteiger partial charge in [0.2, 0.25) is 10.6 Å². The van der Waals surface area contributed by atoms with Crippen LogP contribution < -0.4 is 0 Å². The number of nitrogens with one attached hydrogen (secondary N) is 3. The zero-order valence-electron chi connectivity index (χ0n) is 63.2. The second kappa shape index (κ2) is 38.0. The van der Waals surface area contributed by atoms with Crippen LogP contribution in [0.15, 0.2) is 81.7 Å². The molecule has 0 radical (unpaired) electrons. The Morgan fingerprint density at radius 2 is 0.964 bits per heavy atom. The average molecular weight is 1690 g/mol. The number of halogens is 10. The van der Waals surface area contributed by atoms with Crippen molar-refractivity contribution in [2.45, 2.75) is 182 Å². The lowest BCUT2D eigenvalue weighted by molar-refractivity contribution is -0.144. The lowest BCUT2D eigenvalue weighted by Gasteiger charge is -2.29. The third-order valence-corrected chi connectivity index (χ3v) is 20.7. The number of aliphatic carboxylic acids is 1. The van der Waals surface area contributed by atoms with Crippen molar-refractivity contribution in [3.05, 3.63) is 145 Å². The number of nitrogens with zero attached hydrogens (tertiary/aromatic N) is 14. The van der Waals surface area contributed by atoms with Gasteiger partial charge in [0.1, 0.15) is 32.0 Å². The zero-order valence-corrected chi connectivity index (χ0v) is 70.3. The van der Waals surface area contributed by atoms with Crippen molar-refractivity contribution in [2.24, 2.45) is 11.8 Å². The Balaban J connectivity index is 0.000000175. The highest BCUT2D eigenvalue weighted by Gasteiger charge is 2.35. The lowest BCUT2D eigenvalue weighted by atomic mass is 9.76. The van der Waals surface area contributed by atoms with Gasteiger partial charge >= 0.3 is 5.97 Å². The van der Waals surface area contributed by atoms with Crippen molar-refractivity contribution in [3.63, 3.8) is 0 Å². The number of hydrogen-bond acceptors (Lipinski definition) is 20. The number of pyridine rings is 3. The molecule has 2 fully saturated rings. The van der Waals surface area contributed by atoms with Crippen molar-refractivity contribution in [3.8, 4) is 40.2 Å². The summed E-state index contributed by atoms with van der Waals surface area (Å²) in [5.41, 5.74) is 3.74. The number of carbonyl (C=O) groups is 1. The highest BCUT2D eigenvalue weighted by molar-refractivity contribution is 7.99. The van der Waals surface area contributed by atoms with Crippen molar-refractivity contribution < 1.29 is 40.8 Å². The number of ether oxygens (including phenoxy) is 1. The molecule has 0 aromatic carbocycles. The number of hydrogen-bond donors (Lipinski definition) is 4. The molecule has 0 spiro atoms. The van der Waals surface area contributed by atoms with E-state index < -0.39 is 56.4 Å². The Morgan fingerprint density at radius 1 is 0.545 bits per heavy atom. The molecule has 586 valence electrons. The van der Waals surface area contributed by atoms with Crippen LogP contribution in [0.5, 0.6) is 0 Å². The van der Waals surface area contributed by atoms with E-state index in [2.05, 4.69) is 85.8 Å². The first-order valence-corrected chi connectivity index (χ1v) is 41.5. The van der Waals surface area contributed by atoms with Gasteiger partial charge in [-0.3, -0.25) is 9.00 Å². The molecule has 1 aliphatic heterocycles. The number of H-pyrrole nitrogens is 3. The summed E-state index contributed by atoms with van der Waals surface area (Å²) in [5, 5.41) is 22.6. The summed E-state index contributed by atoms with van der Waals surface area (Å²) in [4.78, 5) is 75.1. The molecule has 2 aliphatic rings. The van der Waals surface area contributed by atoms with Crippen LogP contribution >= 0.6 is 93.3 Å². The average Bonchev–Trinajstić information content (AvgIpc) is 1.65. The van der Waals surface area contributed by atoms with Crippen LogP contribution in [0, 0.1) is 52.3 Å². The minimum atomic E-state index is -1.57. The molecule has 0 bridgehead atoms. The predicted octanol–water partition coefficient (Wildman–Crippen LogP) is 20.6. The van der Waals surface area contributed by atoms with E-state index in [-0.39, 0.29) is 67.5 Å². The number of rotatable bonds is 11. The second-order valence-electron chi connectivity index (χ2n) is 29.5. The monoisotopic (exact) mass is 1680 g/mol. The molecule has 1 saturated carbocycles. The van der Waals surface area contributed by atoms with E-state index in [0.29, 0.717) is 101 Å². The highest BCUT2D eigenvalue weighted by Crippen LogP contribution is 2.39. The van der Waals surface area contributed by atoms with Gasteiger partial charge in [-0.1, -0.05) is 131 Å². The van der Waals surface area contributed by atoms with Crippen LogP contribution in [-0.4, -0.2) is 133 Å².